The van der Waals surface area contributed by atoms with E-state index in [-0.39, 0.29) is 0 Å². The Bertz CT molecular complexity index is 372. The van der Waals surface area contributed by atoms with Crippen LogP contribution in [-0.4, -0.2) is 32.0 Å². The van der Waals surface area contributed by atoms with E-state index in [9.17, 15) is 0 Å². The highest BCUT2D eigenvalue weighted by Crippen LogP contribution is 2.23. The largest absolute Gasteiger partial charge is 0.492 e. The van der Waals surface area contributed by atoms with E-state index in [1.807, 2.05) is 31.2 Å². The van der Waals surface area contributed by atoms with E-state index in [4.69, 9.17) is 21.7 Å². The fraction of sp³-hybridized carbons (Fsp3) is 0.462. The Labute approximate surface area is 114 Å². The van der Waals surface area contributed by atoms with Crippen molar-refractivity contribution in [3.63, 3.8) is 0 Å². The zero-order valence-corrected chi connectivity index (χ0v) is 11.7. The van der Waals surface area contributed by atoms with Gasteiger partial charge in [0.2, 0.25) is 0 Å². The van der Waals surface area contributed by atoms with E-state index in [2.05, 4.69) is 10.6 Å². The van der Waals surface area contributed by atoms with E-state index in [1.165, 1.54) is 0 Å². The van der Waals surface area contributed by atoms with Gasteiger partial charge in [-0.15, -0.1) is 0 Å². The maximum atomic E-state index is 5.51. The predicted molar refractivity (Wildman–Crippen MR) is 78.3 cm³/mol. The third-order valence-electron chi connectivity index (χ3n) is 2.25. The number of ether oxygens (including phenoxy) is 2. The highest BCUT2D eigenvalue weighted by atomic mass is 32.1. The van der Waals surface area contributed by atoms with E-state index < -0.39 is 0 Å². The van der Waals surface area contributed by atoms with Gasteiger partial charge < -0.3 is 20.1 Å². The first-order valence-corrected chi connectivity index (χ1v) is 6.44. The fourth-order valence-corrected chi connectivity index (χ4v) is 1.65. The summed E-state index contributed by atoms with van der Waals surface area (Å²) in [5.41, 5.74) is 0.878. The molecular weight excluding hydrogens is 248 g/mol. The van der Waals surface area contributed by atoms with Gasteiger partial charge in [-0.05, 0) is 37.7 Å². The second kappa shape index (κ2) is 8.72. The summed E-state index contributed by atoms with van der Waals surface area (Å²) in [6.45, 7) is 4.10. The lowest BCUT2D eigenvalue weighted by Crippen LogP contribution is -2.29. The number of hydrogen-bond donors (Lipinski definition) is 2. The molecule has 100 valence electrons. The van der Waals surface area contributed by atoms with Crippen LogP contribution in [0.3, 0.4) is 0 Å². The molecule has 0 unspecified atom stereocenters. The Morgan fingerprint density at radius 3 is 2.83 bits per heavy atom. The average Bonchev–Trinajstić information content (AvgIpc) is 2.37. The summed E-state index contributed by atoms with van der Waals surface area (Å²) in [6.07, 6.45) is 0.922. The summed E-state index contributed by atoms with van der Waals surface area (Å²) >= 11 is 5.21. The maximum absolute atomic E-state index is 5.51. The second-order valence-corrected chi connectivity index (χ2v) is 4.06. The lowest BCUT2D eigenvalue weighted by atomic mass is 10.3. The molecule has 0 aromatic heterocycles. The lowest BCUT2D eigenvalue weighted by molar-refractivity contribution is 0.196. The van der Waals surface area contributed by atoms with Crippen molar-refractivity contribution in [1.29, 1.82) is 0 Å². The number of para-hydroxylation sites is 2. The third-order valence-corrected chi connectivity index (χ3v) is 2.49. The molecule has 0 heterocycles. The summed E-state index contributed by atoms with van der Waals surface area (Å²) in [5, 5.41) is 6.84. The van der Waals surface area contributed by atoms with Crippen molar-refractivity contribution in [1.82, 2.24) is 5.32 Å². The van der Waals surface area contributed by atoms with Crippen LogP contribution >= 0.6 is 12.2 Å². The monoisotopic (exact) mass is 268 g/mol. The molecule has 18 heavy (non-hydrogen) atoms. The molecule has 2 N–H and O–H groups in total. The van der Waals surface area contributed by atoms with Gasteiger partial charge in [-0.3, -0.25) is 0 Å². The number of methoxy groups -OCH3 is 1. The molecule has 0 atom stereocenters. The first-order valence-electron chi connectivity index (χ1n) is 6.03. The third kappa shape index (κ3) is 5.33. The Kier molecular flexibility index (Phi) is 7.13. The number of thiocarbonyl (C=S) groups is 1. The van der Waals surface area contributed by atoms with Gasteiger partial charge in [0.05, 0.1) is 12.3 Å². The van der Waals surface area contributed by atoms with E-state index in [1.54, 1.807) is 7.11 Å². The van der Waals surface area contributed by atoms with Gasteiger partial charge in [-0.25, -0.2) is 0 Å². The molecule has 0 saturated carbocycles. The summed E-state index contributed by atoms with van der Waals surface area (Å²) in [7, 11) is 1.69. The molecule has 0 aliphatic carbocycles. The second-order valence-electron chi connectivity index (χ2n) is 3.66. The van der Waals surface area contributed by atoms with Crippen molar-refractivity contribution < 1.29 is 9.47 Å². The van der Waals surface area contributed by atoms with Crippen LogP contribution in [0.15, 0.2) is 24.3 Å². The van der Waals surface area contributed by atoms with Gasteiger partial charge in [0.1, 0.15) is 5.75 Å². The van der Waals surface area contributed by atoms with Crippen molar-refractivity contribution in [3.05, 3.63) is 24.3 Å². The highest BCUT2D eigenvalue weighted by Gasteiger charge is 2.03. The molecule has 0 spiro atoms. The smallest absolute Gasteiger partial charge is 0.170 e. The molecule has 0 radical (unpaired) electrons. The molecule has 1 aromatic rings. The number of rotatable bonds is 7. The standard InChI is InChI=1S/C13H20N2O2S/c1-3-17-12-8-5-4-7-11(12)15-13(18)14-9-6-10-16-2/h4-5,7-8H,3,6,9-10H2,1-2H3,(H2,14,15,18). The summed E-state index contributed by atoms with van der Waals surface area (Å²) in [5.74, 6) is 0.807. The minimum atomic E-state index is 0.596. The van der Waals surface area contributed by atoms with Crippen molar-refractivity contribution in [2.24, 2.45) is 0 Å². The molecule has 1 rings (SSSR count). The van der Waals surface area contributed by atoms with Crippen LogP contribution in [-0.2, 0) is 4.74 Å². The minimum Gasteiger partial charge on any atom is -0.492 e. The van der Waals surface area contributed by atoms with Crippen molar-refractivity contribution in [2.75, 3.05) is 32.2 Å². The van der Waals surface area contributed by atoms with Gasteiger partial charge in [-0.2, -0.15) is 0 Å². The molecule has 0 aliphatic rings. The highest BCUT2D eigenvalue weighted by molar-refractivity contribution is 7.80. The van der Waals surface area contributed by atoms with Crippen LogP contribution in [0.2, 0.25) is 0 Å². The lowest BCUT2D eigenvalue weighted by Gasteiger charge is -2.13. The van der Waals surface area contributed by atoms with Gasteiger partial charge >= 0.3 is 0 Å². The SMILES string of the molecule is CCOc1ccccc1NC(=S)NCCCOC. The molecule has 1 aromatic carbocycles. The minimum absolute atomic E-state index is 0.596. The quantitative estimate of drug-likeness (QED) is 0.587. The molecular formula is C13H20N2O2S. The van der Waals surface area contributed by atoms with Crippen molar-refractivity contribution in [3.8, 4) is 5.75 Å². The zero-order valence-electron chi connectivity index (χ0n) is 10.9. The van der Waals surface area contributed by atoms with Gasteiger partial charge in [0, 0.05) is 20.3 Å². The van der Waals surface area contributed by atoms with Gasteiger partial charge in [0.15, 0.2) is 5.11 Å². The van der Waals surface area contributed by atoms with Crippen LogP contribution in [0, 0.1) is 0 Å². The number of hydrogen-bond acceptors (Lipinski definition) is 3. The predicted octanol–water partition coefficient (Wildman–Crippen LogP) is 2.41. The number of benzene rings is 1. The van der Waals surface area contributed by atoms with Crippen LogP contribution in [0.4, 0.5) is 5.69 Å². The van der Waals surface area contributed by atoms with Crippen LogP contribution in [0.5, 0.6) is 5.75 Å². The van der Waals surface area contributed by atoms with Gasteiger partial charge in [0.25, 0.3) is 0 Å². The molecule has 0 aliphatic heterocycles. The maximum Gasteiger partial charge on any atom is 0.170 e. The first kappa shape index (κ1) is 14.7. The normalized spacial score (nSPS) is 9.89. The Balaban J connectivity index is 2.43. The van der Waals surface area contributed by atoms with Crippen molar-refractivity contribution in [2.45, 2.75) is 13.3 Å². The van der Waals surface area contributed by atoms with E-state index in [0.29, 0.717) is 11.7 Å². The Morgan fingerprint density at radius 1 is 1.33 bits per heavy atom. The summed E-state index contributed by atoms with van der Waals surface area (Å²) < 4.78 is 10.5. The topological polar surface area (TPSA) is 42.5 Å². The Hall–Kier alpha value is -1.33. The number of anilines is 1. The van der Waals surface area contributed by atoms with Crippen LogP contribution in [0.25, 0.3) is 0 Å². The molecule has 0 bridgehead atoms. The van der Waals surface area contributed by atoms with Crippen LogP contribution in [0.1, 0.15) is 13.3 Å². The molecule has 5 heteroatoms. The van der Waals surface area contributed by atoms with Crippen LogP contribution < -0.4 is 15.4 Å². The molecule has 4 nitrogen and oxygen atoms in total. The van der Waals surface area contributed by atoms with Crippen molar-refractivity contribution >= 4 is 23.0 Å². The average molecular weight is 268 g/mol. The fourth-order valence-electron chi connectivity index (χ4n) is 1.44. The van der Waals surface area contributed by atoms with Gasteiger partial charge in [-0.1, -0.05) is 12.1 Å². The van der Waals surface area contributed by atoms with E-state index >= 15 is 0 Å². The summed E-state index contributed by atoms with van der Waals surface area (Å²) in [4.78, 5) is 0. The molecule has 0 fully saturated rings. The summed E-state index contributed by atoms with van der Waals surface area (Å²) in [6, 6.07) is 7.73. The van der Waals surface area contributed by atoms with E-state index in [0.717, 1.165) is 31.0 Å². The molecule has 0 saturated heterocycles. The first-order chi connectivity index (χ1) is 8.77. The molecule has 0 amide bonds. The zero-order chi connectivity index (χ0) is 13.2. The Morgan fingerprint density at radius 2 is 2.11 bits per heavy atom. The number of nitrogens with one attached hydrogen (secondary N) is 2.